The van der Waals surface area contributed by atoms with Gasteiger partial charge < -0.3 is 10.1 Å². The van der Waals surface area contributed by atoms with E-state index < -0.39 is 6.09 Å². The van der Waals surface area contributed by atoms with Gasteiger partial charge >= 0.3 is 6.09 Å². The molecule has 6 heteroatoms. The molecule has 1 heterocycles. The first-order chi connectivity index (χ1) is 5.24. The fourth-order valence-electron chi connectivity index (χ4n) is 0.576. The SMILES string of the molecule is N#Cc1[nH]cnc1NC(=O)O. The number of nitrogens with one attached hydrogen (secondary N) is 2. The Bertz CT molecular complexity index is 311. The van der Waals surface area contributed by atoms with E-state index >= 15 is 0 Å². The molecule has 0 unspecified atom stereocenters. The Morgan fingerprint density at radius 1 is 1.91 bits per heavy atom. The Hall–Kier alpha value is -2.03. The van der Waals surface area contributed by atoms with Crippen molar-refractivity contribution < 1.29 is 9.90 Å². The van der Waals surface area contributed by atoms with E-state index in [2.05, 4.69) is 9.97 Å². The van der Waals surface area contributed by atoms with Crippen molar-refractivity contribution in [2.75, 3.05) is 5.32 Å². The number of H-pyrrole nitrogens is 1. The van der Waals surface area contributed by atoms with Gasteiger partial charge in [-0.2, -0.15) is 5.26 Å². The summed E-state index contributed by atoms with van der Waals surface area (Å²) in [6.07, 6.45) is -0.00213. The molecule has 3 N–H and O–H groups in total. The topological polar surface area (TPSA) is 102 Å². The average Bonchev–Trinajstić information content (AvgIpc) is 2.34. The van der Waals surface area contributed by atoms with Gasteiger partial charge in [-0.3, -0.25) is 5.32 Å². The lowest BCUT2D eigenvalue weighted by atomic mass is 10.5. The maximum atomic E-state index is 10.1. The molecule has 0 aliphatic rings. The minimum Gasteiger partial charge on any atom is -0.465 e. The Morgan fingerprint density at radius 2 is 2.64 bits per heavy atom. The number of carbonyl (C=O) groups is 1. The molecular weight excluding hydrogens is 148 g/mol. The summed E-state index contributed by atoms with van der Waals surface area (Å²) in [5.41, 5.74) is 0.104. The first-order valence-electron chi connectivity index (χ1n) is 2.67. The lowest BCUT2D eigenvalue weighted by Crippen LogP contribution is -2.08. The van der Waals surface area contributed by atoms with Crippen molar-refractivity contribution in [1.82, 2.24) is 9.97 Å². The number of hydrogen-bond acceptors (Lipinski definition) is 3. The highest BCUT2D eigenvalue weighted by atomic mass is 16.4. The third kappa shape index (κ3) is 1.46. The molecule has 0 spiro atoms. The van der Waals surface area contributed by atoms with Crippen LogP contribution in [0, 0.1) is 11.3 Å². The predicted octanol–water partition coefficient (Wildman–Crippen LogP) is 0.371. The number of hydrogen-bond donors (Lipinski definition) is 3. The molecule has 11 heavy (non-hydrogen) atoms. The van der Waals surface area contributed by atoms with Crippen molar-refractivity contribution in [2.45, 2.75) is 0 Å². The molecule has 1 amide bonds. The van der Waals surface area contributed by atoms with E-state index in [9.17, 15) is 4.79 Å². The Kier molecular flexibility index (Phi) is 1.74. The fraction of sp³-hybridized carbons (Fsp3) is 0. The number of anilines is 1. The minimum absolute atomic E-state index is 0.0278. The van der Waals surface area contributed by atoms with Crippen molar-refractivity contribution in [3.63, 3.8) is 0 Å². The van der Waals surface area contributed by atoms with Crippen molar-refractivity contribution >= 4 is 11.9 Å². The largest absolute Gasteiger partial charge is 0.465 e. The molecule has 6 nitrogen and oxygen atoms in total. The Morgan fingerprint density at radius 3 is 3.18 bits per heavy atom. The van der Waals surface area contributed by atoms with Crippen LogP contribution in [0.4, 0.5) is 10.6 Å². The number of rotatable bonds is 1. The molecule has 0 radical (unpaired) electrons. The first kappa shape index (κ1) is 7.08. The highest BCUT2D eigenvalue weighted by Crippen LogP contribution is 2.06. The standard InChI is InChI=1S/C5H4N4O2/c6-1-3-4(8-2-7-3)9-5(10)11/h2,9H,(H,7,8)(H,10,11). The zero-order chi connectivity index (χ0) is 8.27. The summed E-state index contributed by atoms with van der Waals surface area (Å²) in [5, 5.41) is 18.6. The van der Waals surface area contributed by atoms with Crippen LogP contribution in [0.2, 0.25) is 0 Å². The van der Waals surface area contributed by atoms with Crippen molar-refractivity contribution in [3.8, 4) is 6.07 Å². The number of imidazole rings is 1. The van der Waals surface area contributed by atoms with Gasteiger partial charge in [-0.15, -0.1) is 0 Å². The smallest absolute Gasteiger partial charge is 0.410 e. The summed E-state index contributed by atoms with van der Waals surface area (Å²) >= 11 is 0. The second-order valence-corrected chi connectivity index (χ2v) is 1.67. The monoisotopic (exact) mass is 152 g/mol. The van der Waals surface area contributed by atoms with Crippen LogP contribution < -0.4 is 5.32 Å². The second-order valence-electron chi connectivity index (χ2n) is 1.67. The van der Waals surface area contributed by atoms with E-state index in [0.717, 1.165) is 0 Å². The number of nitrogens with zero attached hydrogens (tertiary/aromatic N) is 2. The highest BCUT2D eigenvalue weighted by Gasteiger charge is 2.05. The van der Waals surface area contributed by atoms with Crippen LogP contribution in [0.25, 0.3) is 0 Å². The number of aromatic nitrogens is 2. The summed E-state index contributed by atoms with van der Waals surface area (Å²) in [5.74, 6) is 0.0278. The van der Waals surface area contributed by atoms with E-state index in [4.69, 9.17) is 10.4 Å². The van der Waals surface area contributed by atoms with E-state index in [1.807, 2.05) is 5.32 Å². The third-order valence-corrected chi connectivity index (χ3v) is 0.976. The molecule has 0 aliphatic carbocycles. The van der Waals surface area contributed by atoms with Gasteiger partial charge in [0.1, 0.15) is 6.07 Å². The lowest BCUT2D eigenvalue weighted by molar-refractivity contribution is 0.209. The van der Waals surface area contributed by atoms with Gasteiger partial charge in [0.2, 0.25) is 0 Å². The lowest BCUT2D eigenvalue weighted by Gasteiger charge is -1.92. The van der Waals surface area contributed by atoms with Crippen LogP contribution in [-0.2, 0) is 0 Å². The number of nitriles is 1. The van der Waals surface area contributed by atoms with Gasteiger partial charge in [0.25, 0.3) is 0 Å². The predicted molar refractivity (Wildman–Crippen MR) is 35.0 cm³/mol. The van der Waals surface area contributed by atoms with E-state index in [1.54, 1.807) is 6.07 Å². The quantitative estimate of drug-likeness (QED) is 0.541. The fourth-order valence-corrected chi connectivity index (χ4v) is 0.576. The van der Waals surface area contributed by atoms with Gasteiger partial charge in [0.05, 0.1) is 6.33 Å². The van der Waals surface area contributed by atoms with Crippen molar-refractivity contribution in [2.24, 2.45) is 0 Å². The summed E-state index contributed by atoms with van der Waals surface area (Å²) in [7, 11) is 0. The normalized spacial score (nSPS) is 8.64. The van der Waals surface area contributed by atoms with Gasteiger partial charge in [0, 0.05) is 0 Å². The van der Waals surface area contributed by atoms with Crippen LogP contribution in [0.5, 0.6) is 0 Å². The summed E-state index contributed by atoms with van der Waals surface area (Å²) in [6, 6.07) is 1.74. The first-order valence-corrected chi connectivity index (χ1v) is 2.67. The zero-order valence-corrected chi connectivity index (χ0v) is 5.33. The molecule has 0 aromatic carbocycles. The van der Waals surface area contributed by atoms with Gasteiger partial charge in [0.15, 0.2) is 11.5 Å². The Labute approximate surface area is 61.5 Å². The van der Waals surface area contributed by atoms with Gasteiger partial charge in [-0.05, 0) is 0 Å². The van der Waals surface area contributed by atoms with Gasteiger partial charge in [-0.25, -0.2) is 9.78 Å². The molecule has 0 fully saturated rings. The minimum atomic E-state index is -1.24. The molecule has 1 aromatic heterocycles. The summed E-state index contributed by atoms with van der Waals surface area (Å²) in [6.45, 7) is 0. The van der Waals surface area contributed by atoms with E-state index in [0.29, 0.717) is 0 Å². The van der Waals surface area contributed by atoms with Gasteiger partial charge in [-0.1, -0.05) is 0 Å². The number of carboxylic acid groups (broad SMARTS) is 1. The van der Waals surface area contributed by atoms with Crippen molar-refractivity contribution in [1.29, 1.82) is 5.26 Å². The Balaban J connectivity index is 2.87. The third-order valence-electron chi connectivity index (χ3n) is 0.976. The number of aromatic amines is 1. The number of amides is 1. The molecular formula is C5H4N4O2. The second kappa shape index (κ2) is 2.70. The molecule has 1 rings (SSSR count). The summed E-state index contributed by atoms with van der Waals surface area (Å²) in [4.78, 5) is 16.1. The molecule has 0 bridgehead atoms. The van der Waals surface area contributed by atoms with Crippen LogP contribution >= 0.6 is 0 Å². The maximum absolute atomic E-state index is 10.1. The summed E-state index contributed by atoms with van der Waals surface area (Å²) < 4.78 is 0. The highest BCUT2D eigenvalue weighted by molar-refractivity contribution is 5.82. The van der Waals surface area contributed by atoms with Crippen LogP contribution in [0.15, 0.2) is 6.33 Å². The molecule has 0 saturated heterocycles. The molecule has 0 atom stereocenters. The molecule has 0 aliphatic heterocycles. The zero-order valence-electron chi connectivity index (χ0n) is 5.33. The van der Waals surface area contributed by atoms with Crippen molar-refractivity contribution in [3.05, 3.63) is 12.0 Å². The molecule has 56 valence electrons. The average molecular weight is 152 g/mol. The van der Waals surface area contributed by atoms with Crippen LogP contribution in [0.3, 0.4) is 0 Å². The molecule has 1 aromatic rings. The van der Waals surface area contributed by atoms with E-state index in [1.165, 1.54) is 6.33 Å². The maximum Gasteiger partial charge on any atom is 0.410 e. The van der Waals surface area contributed by atoms with E-state index in [-0.39, 0.29) is 11.5 Å². The van der Waals surface area contributed by atoms with Crippen LogP contribution in [-0.4, -0.2) is 21.2 Å². The van der Waals surface area contributed by atoms with Crippen LogP contribution in [0.1, 0.15) is 5.69 Å². The molecule has 0 saturated carbocycles.